The minimum Gasteiger partial charge on any atom is -0.455 e. The second kappa shape index (κ2) is 9.76. The Hall–Kier alpha value is -3.67. The first kappa shape index (κ1) is 26.6. The number of anilines is 1. The first-order valence-corrected chi connectivity index (χ1v) is 15.0. The minimum atomic E-state index is -3.78. The number of fused-ring (bicyclic) bond motifs is 2. The number of nitrogens with zero attached hydrogens (tertiary/aromatic N) is 1. The molecule has 0 spiro atoms. The van der Waals surface area contributed by atoms with E-state index in [0.717, 1.165) is 29.5 Å². The van der Waals surface area contributed by atoms with Crippen LogP contribution in [0.2, 0.25) is 0 Å². The standard InChI is InChI=1S/C29H28BFN2O6S/c1-32-29(34)27-23-14-22(16-3-4-16)25(15-26(23)39-28(27)17-5-9-20(31)10-6-17)33(40(2,37)38)24-12-7-18-13-19(30(35)36)8-11-21(18)24/h5-6,8-11,13-16,24,35-36H,3-4,7,12H2,1-2H3,(H,32,34). The maximum atomic E-state index is 13.7. The number of hydrogen-bond donors (Lipinski definition) is 3. The van der Waals surface area contributed by atoms with Gasteiger partial charge in [0.05, 0.1) is 23.5 Å². The maximum Gasteiger partial charge on any atom is 0.488 e. The Kier molecular flexibility index (Phi) is 6.48. The number of benzene rings is 3. The molecular formula is C29H28BFN2O6S. The van der Waals surface area contributed by atoms with E-state index in [0.29, 0.717) is 46.1 Å². The number of carbonyl (C=O) groups excluding carboxylic acids is 1. The molecule has 206 valence electrons. The monoisotopic (exact) mass is 562 g/mol. The van der Waals surface area contributed by atoms with Gasteiger partial charge in [0, 0.05) is 24.1 Å². The summed E-state index contributed by atoms with van der Waals surface area (Å²) in [6.07, 6.45) is 4.09. The van der Waals surface area contributed by atoms with Crippen LogP contribution in [0.1, 0.15) is 58.3 Å². The molecule has 11 heteroatoms. The van der Waals surface area contributed by atoms with Crippen molar-refractivity contribution < 1.29 is 32.1 Å². The second-order valence-corrected chi connectivity index (χ2v) is 12.4. The lowest BCUT2D eigenvalue weighted by Gasteiger charge is -2.31. The van der Waals surface area contributed by atoms with Crippen molar-refractivity contribution in [2.75, 3.05) is 17.6 Å². The molecule has 6 rings (SSSR count). The summed E-state index contributed by atoms with van der Waals surface area (Å²) in [4.78, 5) is 13.1. The molecule has 1 atom stereocenters. The molecule has 0 aliphatic heterocycles. The first-order valence-electron chi connectivity index (χ1n) is 13.1. The van der Waals surface area contributed by atoms with Crippen molar-refractivity contribution in [3.8, 4) is 11.3 Å². The van der Waals surface area contributed by atoms with Crippen molar-refractivity contribution in [1.82, 2.24) is 5.32 Å². The molecule has 3 aromatic carbocycles. The first-order chi connectivity index (χ1) is 19.1. The van der Waals surface area contributed by atoms with Gasteiger partial charge >= 0.3 is 7.12 Å². The highest BCUT2D eigenvalue weighted by atomic mass is 32.2. The third-order valence-corrected chi connectivity index (χ3v) is 8.97. The smallest absolute Gasteiger partial charge is 0.455 e. The number of aryl methyl sites for hydroxylation is 1. The van der Waals surface area contributed by atoms with Crippen LogP contribution in [0, 0.1) is 5.82 Å². The van der Waals surface area contributed by atoms with Crippen LogP contribution in [-0.2, 0) is 16.4 Å². The highest BCUT2D eigenvalue weighted by Crippen LogP contribution is 2.50. The quantitative estimate of drug-likeness (QED) is 0.296. The molecule has 1 unspecified atom stereocenters. The van der Waals surface area contributed by atoms with E-state index >= 15 is 0 Å². The molecule has 40 heavy (non-hydrogen) atoms. The summed E-state index contributed by atoms with van der Waals surface area (Å²) in [6, 6.07) is 13.8. The summed E-state index contributed by atoms with van der Waals surface area (Å²) in [5.41, 5.74) is 4.56. The van der Waals surface area contributed by atoms with Crippen molar-refractivity contribution in [3.05, 3.63) is 82.7 Å². The molecule has 8 nitrogen and oxygen atoms in total. The molecular weight excluding hydrogens is 534 g/mol. The van der Waals surface area contributed by atoms with E-state index < -0.39 is 29.0 Å². The summed E-state index contributed by atoms with van der Waals surface area (Å²) in [5.74, 6) is -0.362. The maximum absolute atomic E-state index is 13.7. The molecule has 0 bridgehead atoms. The zero-order chi connectivity index (χ0) is 28.3. The lowest BCUT2D eigenvalue weighted by Crippen LogP contribution is -2.34. The number of furan rings is 1. The van der Waals surface area contributed by atoms with Gasteiger partial charge in [-0.05, 0) is 84.1 Å². The Labute approximate surface area is 231 Å². The molecule has 1 aromatic heterocycles. The lowest BCUT2D eigenvalue weighted by molar-refractivity contribution is 0.0964. The summed E-state index contributed by atoms with van der Waals surface area (Å²) in [6.45, 7) is 0. The van der Waals surface area contributed by atoms with Crippen molar-refractivity contribution >= 4 is 45.2 Å². The summed E-state index contributed by atoms with van der Waals surface area (Å²) in [5, 5.41) is 22.4. The third kappa shape index (κ3) is 4.57. The molecule has 1 amide bonds. The van der Waals surface area contributed by atoms with Gasteiger partial charge in [-0.15, -0.1) is 0 Å². The van der Waals surface area contributed by atoms with E-state index in [1.165, 1.54) is 41.9 Å². The predicted molar refractivity (Wildman–Crippen MR) is 152 cm³/mol. The van der Waals surface area contributed by atoms with Crippen molar-refractivity contribution in [2.24, 2.45) is 0 Å². The number of amides is 1. The topological polar surface area (TPSA) is 120 Å². The summed E-state index contributed by atoms with van der Waals surface area (Å²) >= 11 is 0. The van der Waals surface area contributed by atoms with Gasteiger partial charge < -0.3 is 19.8 Å². The number of nitrogens with one attached hydrogen (secondary N) is 1. The zero-order valence-electron chi connectivity index (χ0n) is 22.0. The lowest BCUT2D eigenvalue weighted by atomic mass is 9.79. The van der Waals surface area contributed by atoms with Gasteiger partial charge in [-0.2, -0.15) is 0 Å². The Morgan fingerprint density at radius 1 is 1.05 bits per heavy atom. The molecule has 2 aliphatic carbocycles. The van der Waals surface area contributed by atoms with Gasteiger partial charge in [0.25, 0.3) is 5.91 Å². The highest BCUT2D eigenvalue weighted by Gasteiger charge is 2.39. The summed E-state index contributed by atoms with van der Waals surface area (Å²) in [7, 11) is -3.86. The van der Waals surface area contributed by atoms with Gasteiger partial charge in [-0.1, -0.05) is 18.2 Å². The SMILES string of the molecule is CNC(=O)c1c(-c2ccc(F)cc2)oc2cc(N(C3CCc4cc(B(O)O)ccc43)S(C)(=O)=O)c(C3CC3)cc12. The van der Waals surface area contributed by atoms with Gasteiger partial charge in [0.15, 0.2) is 0 Å². The van der Waals surface area contributed by atoms with Crippen LogP contribution < -0.4 is 15.1 Å². The normalized spacial score (nSPS) is 16.7. The average Bonchev–Trinajstić information content (AvgIpc) is 3.58. The molecule has 2 aliphatic rings. The molecule has 0 saturated heterocycles. The zero-order valence-corrected chi connectivity index (χ0v) is 22.8. The molecule has 1 heterocycles. The van der Waals surface area contributed by atoms with Crippen molar-refractivity contribution in [1.29, 1.82) is 0 Å². The van der Waals surface area contributed by atoms with Crippen molar-refractivity contribution in [3.63, 3.8) is 0 Å². The van der Waals surface area contributed by atoms with Crippen LogP contribution in [0.3, 0.4) is 0 Å². The van der Waals surface area contributed by atoms with Crippen LogP contribution in [0.15, 0.2) is 59.0 Å². The van der Waals surface area contributed by atoms with Crippen LogP contribution >= 0.6 is 0 Å². The molecule has 3 N–H and O–H groups in total. The fraction of sp³-hybridized carbons (Fsp3) is 0.276. The molecule has 1 saturated carbocycles. The fourth-order valence-electron chi connectivity index (χ4n) is 5.81. The second-order valence-electron chi connectivity index (χ2n) is 10.5. The van der Waals surface area contributed by atoms with Gasteiger partial charge in [0.1, 0.15) is 17.2 Å². The van der Waals surface area contributed by atoms with E-state index in [2.05, 4.69) is 5.32 Å². The number of sulfonamides is 1. The van der Waals surface area contributed by atoms with Crippen LogP contribution in [-0.4, -0.2) is 44.8 Å². The van der Waals surface area contributed by atoms with Gasteiger partial charge in [-0.25, -0.2) is 12.8 Å². The van der Waals surface area contributed by atoms with E-state index in [4.69, 9.17) is 4.42 Å². The van der Waals surface area contributed by atoms with Crippen molar-refractivity contribution in [2.45, 2.75) is 37.6 Å². The minimum absolute atomic E-state index is 0.137. The van der Waals surface area contributed by atoms with Gasteiger partial charge in [-0.3, -0.25) is 9.10 Å². The third-order valence-electron chi connectivity index (χ3n) is 7.80. The van der Waals surface area contributed by atoms with Crippen LogP contribution in [0.5, 0.6) is 0 Å². The number of hydrogen-bond acceptors (Lipinski definition) is 6. The summed E-state index contributed by atoms with van der Waals surface area (Å²) < 4.78 is 48.2. The van der Waals surface area contributed by atoms with E-state index in [1.807, 2.05) is 6.07 Å². The molecule has 1 fully saturated rings. The Morgan fingerprint density at radius 3 is 2.40 bits per heavy atom. The Balaban J connectivity index is 1.56. The number of carbonyl (C=O) groups is 1. The Morgan fingerprint density at radius 2 is 1.77 bits per heavy atom. The molecule has 4 aromatic rings. The van der Waals surface area contributed by atoms with E-state index in [1.54, 1.807) is 24.3 Å². The van der Waals surface area contributed by atoms with E-state index in [-0.39, 0.29) is 17.6 Å². The van der Waals surface area contributed by atoms with Crippen LogP contribution in [0.4, 0.5) is 10.1 Å². The van der Waals surface area contributed by atoms with Gasteiger partial charge in [0.2, 0.25) is 10.0 Å². The average molecular weight is 562 g/mol. The van der Waals surface area contributed by atoms with Crippen LogP contribution in [0.25, 0.3) is 22.3 Å². The highest BCUT2D eigenvalue weighted by molar-refractivity contribution is 7.92. The molecule has 0 radical (unpaired) electrons. The predicted octanol–water partition coefficient (Wildman–Crippen LogP) is 3.61. The fourth-order valence-corrected chi connectivity index (χ4v) is 7.01. The Bertz CT molecular complexity index is 1750. The number of halogens is 1. The van der Waals surface area contributed by atoms with E-state index in [9.17, 15) is 27.7 Å². The largest absolute Gasteiger partial charge is 0.488 e. The number of rotatable bonds is 7.